The summed E-state index contributed by atoms with van der Waals surface area (Å²) < 4.78 is 4.78. The molecule has 0 spiro atoms. The van der Waals surface area contributed by atoms with Gasteiger partial charge >= 0.3 is 5.97 Å². The minimum absolute atomic E-state index is 0.0615. The highest BCUT2D eigenvalue weighted by Gasteiger charge is 2.13. The number of nitrogens with one attached hydrogen (secondary N) is 1. The van der Waals surface area contributed by atoms with Gasteiger partial charge in [-0.3, -0.25) is 4.79 Å². The maximum Gasteiger partial charge on any atom is 0.350 e. The minimum Gasteiger partial charge on any atom is -0.462 e. The Hall–Kier alpha value is -2.81. The predicted octanol–water partition coefficient (Wildman–Crippen LogP) is 2.55. The molecule has 0 atom stereocenters. The van der Waals surface area contributed by atoms with Crippen LogP contribution in [0, 0.1) is 11.3 Å². The molecule has 0 radical (unpaired) electrons. The summed E-state index contributed by atoms with van der Waals surface area (Å²) in [6, 6.07) is 8.67. The number of esters is 1. The van der Waals surface area contributed by atoms with E-state index in [-0.39, 0.29) is 18.1 Å². The summed E-state index contributed by atoms with van der Waals surface area (Å²) in [5.41, 5.74) is 1.02. The van der Waals surface area contributed by atoms with Crippen molar-refractivity contribution in [1.29, 1.82) is 5.26 Å². The number of benzene rings is 1. The molecule has 0 heterocycles. The molecule has 6 heteroatoms. The van der Waals surface area contributed by atoms with Crippen LogP contribution < -0.4 is 5.32 Å². The molecule has 0 aliphatic rings. The van der Waals surface area contributed by atoms with Gasteiger partial charge in [-0.2, -0.15) is 5.26 Å². The van der Waals surface area contributed by atoms with Crippen molar-refractivity contribution in [1.82, 2.24) is 4.90 Å². The Morgan fingerprint density at radius 2 is 2.00 bits per heavy atom. The van der Waals surface area contributed by atoms with Crippen molar-refractivity contribution < 1.29 is 14.3 Å². The quantitative estimate of drug-likeness (QED) is 0.475. The first-order valence-corrected chi connectivity index (χ1v) is 7.50. The van der Waals surface area contributed by atoms with Gasteiger partial charge in [0, 0.05) is 30.5 Å². The number of carbonyl (C=O) groups excluding carboxylic acids is 2. The van der Waals surface area contributed by atoms with Gasteiger partial charge in [0.2, 0.25) is 0 Å². The summed E-state index contributed by atoms with van der Waals surface area (Å²) in [6.07, 6.45) is 1.28. The van der Waals surface area contributed by atoms with Crippen LogP contribution in [0.3, 0.4) is 0 Å². The van der Waals surface area contributed by atoms with Crippen molar-refractivity contribution in [3.8, 4) is 6.07 Å². The van der Waals surface area contributed by atoms with Crippen LogP contribution in [0.2, 0.25) is 0 Å². The molecule has 6 nitrogen and oxygen atoms in total. The average Bonchev–Trinajstić information content (AvgIpc) is 2.57. The van der Waals surface area contributed by atoms with Gasteiger partial charge in [0.15, 0.2) is 5.57 Å². The van der Waals surface area contributed by atoms with E-state index < -0.39 is 5.97 Å². The van der Waals surface area contributed by atoms with Gasteiger partial charge in [0.25, 0.3) is 5.91 Å². The Morgan fingerprint density at radius 1 is 1.30 bits per heavy atom. The Bertz CT molecular complexity index is 628. The molecule has 0 aliphatic carbocycles. The third-order valence-electron chi connectivity index (χ3n) is 3.16. The van der Waals surface area contributed by atoms with Crippen LogP contribution in [0.4, 0.5) is 5.69 Å². The second kappa shape index (κ2) is 9.26. The Kier molecular flexibility index (Phi) is 7.34. The van der Waals surface area contributed by atoms with E-state index in [0.717, 1.165) is 0 Å². The van der Waals surface area contributed by atoms with Crippen molar-refractivity contribution in [3.63, 3.8) is 0 Å². The van der Waals surface area contributed by atoms with Gasteiger partial charge in [-0.15, -0.1) is 0 Å². The molecule has 122 valence electrons. The summed E-state index contributed by atoms with van der Waals surface area (Å²) in [6.45, 7) is 6.98. The SMILES string of the molecule is CCOC(=O)/C(C#N)=C/Nc1cccc(C(=O)N(CC)CC)c1. The van der Waals surface area contributed by atoms with Gasteiger partial charge in [0.1, 0.15) is 6.07 Å². The standard InChI is InChI=1S/C17H21N3O3/c1-4-20(5-2)16(21)13-8-7-9-15(10-13)19-12-14(11-18)17(22)23-6-3/h7-10,12,19H,4-6H2,1-3H3/b14-12+. The lowest BCUT2D eigenvalue weighted by atomic mass is 10.1. The molecule has 23 heavy (non-hydrogen) atoms. The first-order chi connectivity index (χ1) is 11.1. The largest absolute Gasteiger partial charge is 0.462 e. The van der Waals surface area contributed by atoms with E-state index in [0.29, 0.717) is 24.3 Å². The highest BCUT2D eigenvalue weighted by molar-refractivity contribution is 5.95. The third-order valence-corrected chi connectivity index (χ3v) is 3.16. The van der Waals surface area contributed by atoms with Crippen LogP contribution in [-0.4, -0.2) is 36.5 Å². The molecule has 0 aromatic heterocycles. The molecule has 0 saturated heterocycles. The lowest BCUT2D eigenvalue weighted by molar-refractivity contribution is -0.138. The molecule has 0 bridgehead atoms. The molecule has 1 aromatic carbocycles. The topological polar surface area (TPSA) is 82.4 Å². The second-order valence-electron chi connectivity index (χ2n) is 4.59. The highest BCUT2D eigenvalue weighted by Crippen LogP contribution is 2.13. The Morgan fingerprint density at radius 3 is 2.57 bits per heavy atom. The highest BCUT2D eigenvalue weighted by atomic mass is 16.5. The van der Waals surface area contributed by atoms with Crippen LogP contribution in [0.15, 0.2) is 36.0 Å². The molecule has 1 amide bonds. The van der Waals surface area contributed by atoms with E-state index in [4.69, 9.17) is 10.00 Å². The van der Waals surface area contributed by atoms with Crippen LogP contribution in [0.1, 0.15) is 31.1 Å². The van der Waals surface area contributed by atoms with E-state index in [1.807, 2.05) is 13.8 Å². The lowest BCUT2D eigenvalue weighted by Crippen LogP contribution is -2.30. The fourth-order valence-corrected chi connectivity index (χ4v) is 1.94. The van der Waals surface area contributed by atoms with Gasteiger partial charge in [-0.25, -0.2) is 4.79 Å². The van der Waals surface area contributed by atoms with Crippen LogP contribution in [0.5, 0.6) is 0 Å². The number of amides is 1. The van der Waals surface area contributed by atoms with E-state index >= 15 is 0 Å². The van der Waals surface area contributed by atoms with Crippen molar-refractivity contribution >= 4 is 17.6 Å². The molecule has 1 N–H and O–H groups in total. The Labute approximate surface area is 136 Å². The van der Waals surface area contributed by atoms with Crippen LogP contribution >= 0.6 is 0 Å². The zero-order valence-corrected chi connectivity index (χ0v) is 13.6. The average molecular weight is 315 g/mol. The summed E-state index contributed by atoms with van der Waals surface area (Å²) in [4.78, 5) is 25.5. The number of nitrogens with zero attached hydrogens (tertiary/aromatic N) is 2. The van der Waals surface area contributed by atoms with E-state index in [2.05, 4.69) is 5.32 Å². The van der Waals surface area contributed by atoms with E-state index in [1.54, 1.807) is 42.2 Å². The van der Waals surface area contributed by atoms with Crippen LogP contribution in [0.25, 0.3) is 0 Å². The number of anilines is 1. The zero-order chi connectivity index (χ0) is 17.2. The number of nitriles is 1. The minimum atomic E-state index is -0.683. The first kappa shape index (κ1) is 18.2. The fourth-order valence-electron chi connectivity index (χ4n) is 1.94. The number of rotatable bonds is 7. The van der Waals surface area contributed by atoms with Crippen molar-refractivity contribution in [3.05, 3.63) is 41.6 Å². The summed E-state index contributed by atoms with van der Waals surface area (Å²) >= 11 is 0. The Balaban J connectivity index is 2.91. The maximum atomic E-state index is 12.3. The molecule has 0 unspecified atom stereocenters. The maximum absolute atomic E-state index is 12.3. The normalized spacial score (nSPS) is 10.6. The van der Waals surface area contributed by atoms with Gasteiger partial charge in [-0.1, -0.05) is 6.07 Å². The van der Waals surface area contributed by atoms with Crippen molar-refractivity contribution in [2.75, 3.05) is 25.0 Å². The number of ether oxygens (including phenoxy) is 1. The smallest absolute Gasteiger partial charge is 0.350 e. The van der Waals surface area contributed by atoms with E-state index in [1.165, 1.54) is 6.20 Å². The molecule has 0 fully saturated rings. The molecule has 1 aromatic rings. The first-order valence-electron chi connectivity index (χ1n) is 7.50. The van der Waals surface area contributed by atoms with Crippen LogP contribution in [-0.2, 0) is 9.53 Å². The molecule has 1 rings (SSSR count). The molecular weight excluding hydrogens is 294 g/mol. The monoisotopic (exact) mass is 315 g/mol. The third kappa shape index (κ3) is 5.15. The second-order valence-corrected chi connectivity index (χ2v) is 4.59. The van der Waals surface area contributed by atoms with Crippen molar-refractivity contribution in [2.24, 2.45) is 0 Å². The predicted molar refractivity (Wildman–Crippen MR) is 87.6 cm³/mol. The summed E-state index contributed by atoms with van der Waals surface area (Å²) in [7, 11) is 0. The van der Waals surface area contributed by atoms with E-state index in [9.17, 15) is 9.59 Å². The van der Waals surface area contributed by atoms with Crippen molar-refractivity contribution in [2.45, 2.75) is 20.8 Å². The lowest BCUT2D eigenvalue weighted by Gasteiger charge is -2.18. The number of hydrogen-bond acceptors (Lipinski definition) is 5. The van der Waals surface area contributed by atoms with Gasteiger partial charge < -0.3 is 15.0 Å². The molecule has 0 saturated carbocycles. The summed E-state index contributed by atoms with van der Waals surface area (Å²) in [5.74, 6) is -0.744. The van der Waals surface area contributed by atoms with Gasteiger partial charge in [0.05, 0.1) is 6.61 Å². The summed E-state index contributed by atoms with van der Waals surface area (Å²) in [5, 5.41) is 11.8. The molecular formula is C17H21N3O3. The fraction of sp³-hybridized carbons (Fsp3) is 0.353. The number of carbonyl (C=O) groups is 2. The van der Waals surface area contributed by atoms with Gasteiger partial charge in [-0.05, 0) is 39.0 Å². The molecule has 0 aliphatic heterocycles. The number of hydrogen-bond donors (Lipinski definition) is 1. The zero-order valence-electron chi connectivity index (χ0n) is 13.6.